The van der Waals surface area contributed by atoms with Gasteiger partial charge in [0.25, 0.3) is 0 Å². The highest BCUT2D eigenvalue weighted by Crippen LogP contribution is 2.23. The predicted octanol–water partition coefficient (Wildman–Crippen LogP) is 2.12. The van der Waals surface area contributed by atoms with Crippen LogP contribution in [-0.4, -0.2) is 48.4 Å². The first kappa shape index (κ1) is 17.3. The van der Waals surface area contributed by atoms with Gasteiger partial charge in [0.05, 0.1) is 12.8 Å². The van der Waals surface area contributed by atoms with Gasteiger partial charge in [-0.05, 0) is 51.1 Å². The second-order valence-electron chi connectivity index (χ2n) is 5.77. The smallest absolute Gasteiger partial charge is 0.241 e. The van der Waals surface area contributed by atoms with Crippen molar-refractivity contribution in [3.05, 3.63) is 23.8 Å². The number of ether oxygens (including phenoxy) is 1. The number of phenolic OH excluding ortho intramolecular Hbond substituents is 1. The number of carbonyl (C=O) groups is 1. The van der Waals surface area contributed by atoms with Crippen molar-refractivity contribution in [1.82, 2.24) is 10.3 Å². The Kier molecular flexibility index (Phi) is 6.40. The number of amides is 1. The number of hydrazone groups is 1. The molecular weight excluding hydrogens is 294 g/mol. The zero-order valence-corrected chi connectivity index (χ0v) is 13.8. The summed E-state index contributed by atoms with van der Waals surface area (Å²) in [6.07, 6.45) is 4.15. The van der Waals surface area contributed by atoms with Crippen LogP contribution in [0.4, 0.5) is 0 Å². The van der Waals surface area contributed by atoms with Crippen molar-refractivity contribution in [2.45, 2.75) is 32.6 Å². The molecule has 6 nitrogen and oxygen atoms in total. The Morgan fingerprint density at radius 3 is 2.78 bits per heavy atom. The number of piperidine rings is 1. The lowest BCUT2D eigenvalue weighted by Gasteiger charge is -2.25. The van der Waals surface area contributed by atoms with Crippen molar-refractivity contribution in [2.24, 2.45) is 5.10 Å². The minimum atomic E-state index is -0.114. The van der Waals surface area contributed by atoms with Crippen LogP contribution in [0.3, 0.4) is 0 Å². The molecule has 1 saturated heterocycles. The van der Waals surface area contributed by atoms with Crippen LogP contribution in [0.25, 0.3) is 0 Å². The third kappa shape index (κ3) is 5.25. The predicted molar refractivity (Wildman–Crippen MR) is 89.9 cm³/mol. The van der Waals surface area contributed by atoms with Gasteiger partial charge in [-0.15, -0.1) is 0 Å². The minimum Gasteiger partial charge on any atom is -0.507 e. The highest BCUT2D eigenvalue weighted by molar-refractivity contribution is 6.01. The standard InChI is InChI=1S/C17H25N3O3/c1-13(15-12-14(23-2)6-7-16(15)21)18-19-17(22)8-11-20-9-4-3-5-10-20/h6-7,12,21H,3-5,8-11H2,1-2H3,(H,19,22)/b18-13+. The van der Waals surface area contributed by atoms with E-state index in [-0.39, 0.29) is 11.7 Å². The Balaban J connectivity index is 1.87. The molecule has 1 amide bonds. The molecule has 1 aliphatic rings. The van der Waals surface area contributed by atoms with Crippen molar-refractivity contribution in [2.75, 3.05) is 26.7 Å². The van der Waals surface area contributed by atoms with Gasteiger partial charge in [0.2, 0.25) is 5.91 Å². The average molecular weight is 319 g/mol. The van der Waals surface area contributed by atoms with Gasteiger partial charge in [-0.3, -0.25) is 4.79 Å². The molecule has 0 saturated carbocycles. The van der Waals surface area contributed by atoms with E-state index >= 15 is 0 Å². The number of benzene rings is 1. The second-order valence-corrected chi connectivity index (χ2v) is 5.77. The number of carbonyl (C=O) groups excluding carboxylic acids is 1. The lowest BCUT2D eigenvalue weighted by atomic mass is 10.1. The Labute approximate surface area is 137 Å². The topological polar surface area (TPSA) is 74.2 Å². The van der Waals surface area contributed by atoms with Gasteiger partial charge in [-0.25, -0.2) is 5.43 Å². The lowest BCUT2D eigenvalue weighted by molar-refractivity contribution is -0.121. The van der Waals surface area contributed by atoms with Crippen LogP contribution in [0, 0.1) is 0 Å². The van der Waals surface area contributed by atoms with E-state index in [1.54, 1.807) is 32.2 Å². The van der Waals surface area contributed by atoms with Crippen LogP contribution in [0.15, 0.2) is 23.3 Å². The van der Waals surface area contributed by atoms with E-state index in [1.165, 1.54) is 19.3 Å². The molecular formula is C17H25N3O3. The lowest BCUT2D eigenvalue weighted by Crippen LogP contribution is -2.33. The molecule has 1 fully saturated rings. The summed E-state index contributed by atoms with van der Waals surface area (Å²) in [5.41, 5.74) is 3.63. The Morgan fingerprint density at radius 2 is 2.09 bits per heavy atom. The molecule has 0 aliphatic carbocycles. The Morgan fingerprint density at radius 1 is 1.35 bits per heavy atom. The molecule has 0 unspecified atom stereocenters. The number of likely N-dealkylation sites (tertiary alicyclic amines) is 1. The molecule has 1 aromatic rings. The summed E-state index contributed by atoms with van der Waals surface area (Å²) in [6.45, 7) is 4.66. The van der Waals surface area contributed by atoms with Crippen LogP contribution in [0.2, 0.25) is 0 Å². The highest BCUT2D eigenvalue weighted by Gasteiger charge is 2.12. The maximum Gasteiger partial charge on any atom is 0.241 e. The number of rotatable bonds is 6. The summed E-state index contributed by atoms with van der Waals surface area (Å²) < 4.78 is 5.13. The minimum absolute atomic E-state index is 0.106. The summed E-state index contributed by atoms with van der Waals surface area (Å²) in [4.78, 5) is 14.2. The summed E-state index contributed by atoms with van der Waals surface area (Å²) in [7, 11) is 1.56. The van der Waals surface area contributed by atoms with Crippen molar-refractivity contribution < 1.29 is 14.6 Å². The van der Waals surface area contributed by atoms with Crippen LogP contribution < -0.4 is 10.2 Å². The summed E-state index contributed by atoms with van der Waals surface area (Å²) in [6, 6.07) is 4.91. The van der Waals surface area contributed by atoms with Crippen molar-refractivity contribution in [3.63, 3.8) is 0 Å². The molecule has 1 heterocycles. The van der Waals surface area contributed by atoms with E-state index in [4.69, 9.17) is 4.74 Å². The van der Waals surface area contributed by atoms with Gasteiger partial charge < -0.3 is 14.7 Å². The number of nitrogens with one attached hydrogen (secondary N) is 1. The van der Waals surface area contributed by atoms with Crippen molar-refractivity contribution in [1.29, 1.82) is 0 Å². The first-order chi connectivity index (χ1) is 11.1. The molecule has 0 spiro atoms. The third-order valence-electron chi connectivity index (χ3n) is 4.05. The van der Waals surface area contributed by atoms with E-state index in [0.29, 0.717) is 23.4 Å². The molecule has 1 aliphatic heterocycles. The molecule has 0 radical (unpaired) electrons. The third-order valence-corrected chi connectivity index (χ3v) is 4.05. The molecule has 0 aromatic heterocycles. The number of aromatic hydroxyl groups is 1. The summed E-state index contributed by atoms with van der Waals surface area (Å²) in [5, 5.41) is 14.0. The zero-order valence-electron chi connectivity index (χ0n) is 13.8. The normalized spacial score (nSPS) is 16.2. The van der Waals surface area contributed by atoms with Gasteiger partial charge in [0.15, 0.2) is 0 Å². The first-order valence-electron chi connectivity index (χ1n) is 8.03. The maximum absolute atomic E-state index is 11.9. The number of hydrogen-bond acceptors (Lipinski definition) is 5. The molecule has 0 atom stereocenters. The Hall–Kier alpha value is -2.08. The zero-order chi connectivity index (χ0) is 16.7. The largest absolute Gasteiger partial charge is 0.507 e. The van der Waals surface area contributed by atoms with Crippen LogP contribution in [0.1, 0.15) is 38.2 Å². The second kappa shape index (κ2) is 8.53. The monoisotopic (exact) mass is 319 g/mol. The SMILES string of the molecule is COc1ccc(O)c(/C(C)=N/NC(=O)CCN2CCCCC2)c1. The fraction of sp³-hybridized carbons (Fsp3) is 0.529. The van der Waals surface area contributed by atoms with E-state index < -0.39 is 0 Å². The summed E-state index contributed by atoms with van der Waals surface area (Å²) >= 11 is 0. The maximum atomic E-state index is 11.9. The van der Waals surface area contributed by atoms with Crippen LogP contribution in [-0.2, 0) is 4.79 Å². The van der Waals surface area contributed by atoms with Crippen molar-refractivity contribution >= 4 is 11.6 Å². The van der Waals surface area contributed by atoms with E-state index in [0.717, 1.165) is 19.6 Å². The first-order valence-corrected chi connectivity index (χ1v) is 8.03. The van der Waals surface area contributed by atoms with E-state index in [2.05, 4.69) is 15.4 Å². The van der Waals surface area contributed by atoms with E-state index in [1.807, 2.05) is 0 Å². The van der Waals surface area contributed by atoms with Crippen molar-refractivity contribution in [3.8, 4) is 11.5 Å². The molecule has 6 heteroatoms. The van der Waals surface area contributed by atoms with Gasteiger partial charge in [-0.1, -0.05) is 6.42 Å². The van der Waals surface area contributed by atoms with Gasteiger partial charge in [0.1, 0.15) is 11.5 Å². The molecule has 2 rings (SSSR count). The molecule has 0 bridgehead atoms. The molecule has 2 N–H and O–H groups in total. The Bertz CT molecular complexity index is 566. The fourth-order valence-electron chi connectivity index (χ4n) is 2.64. The molecule has 23 heavy (non-hydrogen) atoms. The van der Waals surface area contributed by atoms with Crippen LogP contribution >= 0.6 is 0 Å². The van der Waals surface area contributed by atoms with Gasteiger partial charge in [0, 0.05) is 18.5 Å². The number of nitrogens with zero attached hydrogens (tertiary/aromatic N) is 2. The number of methoxy groups -OCH3 is 1. The molecule has 126 valence electrons. The highest BCUT2D eigenvalue weighted by atomic mass is 16.5. The molecule has 1 aromatic carbocycles. The van der Waals surface area contributed by atoms with E-state index in [9.17, 15) is 9.90 Å². The number of phenols is 1. The van der Waals surface area contributed by atoms with Gasteiger partial charge in [-0.2, -0.15) is 5.10 Å². The fourth-order valence-corrected chi connectivity index (χ4v) is 2.64. The number of hydrogen-bond donors (Lipinski definition) is 2. The average Bonchev–Trinajstić information content (AvgIpc) is 2.59. The quantitative estimate of drug-likeness (QED) is 0.622. The van der Waals surface area contributed by atoms with Crippen LogP contribution in [0.5, 0.6) is 11.5 Å². The van der Waals surface area contributed by atoms with Gasteiger partial charge >= 0.3 is 0 Å². The summed E-state index contributed by atoms with van der Waals surface area (Å²) in [5.74, 6) is 0.621.